The number of nitrogens with zero attached hydrogens (tertiary/aromatic N) is 3. The summed E-state index contributed by atoms with van der Waals surface area (Å²) < 4.78 is 19.0. The monoisotopic (exact) mass is 479 g/mol. The highest BCUT2D eigenvalue weighted by Crippen LogP contribution is 2.30. The van der Waals surface area contributed by atoms with Crippen LogP contribution in [0.2, 0.25) is 0 Å². The highest BCUT2D eigenvalue weighted by atomic mass is 19.1. The number of hydrogen-bond acceptors (Lipinski definition) is 5. The third-order valence-corrected chi connectivity index (χ3v) is 5.99. The minimum atomic E-state index is -0.519. The number of carbonyl (C=O) groups is 2. The van der Waals surface area contributed by atoms with Crippen molar-refractivity contribution in [1.29, 1.82) is 0 Å². The molecule has 1 saturated carbocycles. The second kappa shape index (κ2) is 10.1. The maximum absolute atomic E-state index is 13.4. The van der Waals surface area contributed by atoms with Crippen LogP contribution < -0.4 is 0 Å². The number of halogens is 1. The quantitative estimate of drug-likeness (QED) is 0.325. The van der Waals surface area contributed by atoms with Gasteiger partial charge in [-0.3, -0.25) is 19.7 Å². The summed E-state index contributed by atoms with van der Waals surface area (Å²) >= 11 is 0. The Labute approximate surface area is 202 Å². The van der Waals surface area contributed by atoms with Gasteiger partial charge in [-0.25, -0.2) is 4.39 Å². The number of nitro benzene ring substituents is 1. The standard InChI is InChI=1S/C26H26FN3O5/c1-17-3-7-20(13-24(17)30(33)34)26(32)29(22-10-11-22)16-25(31)28(15-23-12-4-18(2)35-23)14-19-5-8-21(27)9-6-19/h3-9,12-13,22H,10-11,14-16H2,1-2H3. The van der Waals surface area contributed by atoms with Gasteiger partial charge in [0.15, 0.2) is 0 Å². The molecule has 35 heavy (non-hydrogen) atoms. The molecule has 9 heteroatoms. The van der Waals surface area contributed by atoms with Crippen molar-refractivity contribution in [2.24, 2.45) is 0 Å². The second-order valence-electron chi connectivity index (χ2n) is 8.81. The Kier molecular flexibility index (Phi) is 6.95. The van der Waals surface area contributed by atoms with Crippen molar-refractivity contribution in [2.75, 3.05) is 6.54 Å². The molecule has 1 aromatic heterocycles. The molecule has 8 nitrogen and oxygen atoms in total. The minimum absolute atomic E-state index is 0.0923. The van der Waals surface area contributed by atoms with Crippen LogP contribution in [0.5, 0.6) is 0 Å². The fraction of sp³-hybridized carbons (Fsp3) is 0.308. The van der Waals surface area contributed by atoms with E-state index in [0.29, 0.717) is 17.1 Å². The average Bonchev–Trinajstić information content (AvgIpc) is 3.59. The molecule has 182 valence electrons. The van der Waals surface area contributed by atoms with Crippen molar-refractivity contribution in [3.63, 3.8) is 0 Å². The van der Waals surface area contributed by atoms with Crippen LogP contribution in [-0.4, -0.2) is 39.1 Å². The first kappa shape index (κ1) is 24.1. The predicted octanol–water partition coefficient (Wildman–Crippen LogP) is 4.78. The molecule has 1 aliphatic rings. The van der Waals surface area contributed by atoms with E-state index in [9.17, 15) is 24.1 Å². The van der Waals surface area contributed by atoms with E-state index in [1.54, 1.807) is 48.2 Å². The maximum atomic E-state index is 13.4. The smallest absolute Gasteiger partial charge is 0.273 e. The van der Waals surface area contributed by atoms with Gasteiger partial charge >= 0.3 is 0 Å². The van der Waals surface area contributed by atoms with Gasteiger partial charge in [-0.15, -0.1) is 0 Å². The number of hydrogen-bond donors (Lipinski definition) is 0. The van der Waals surface area contributed by atoms with Gasteiger partial charge in [0.1, 0.15) is 23.9 Å². The lowest BCUT2D eigenvalue weighted by molar-refractivity contribution is -0.385. The SMILES string of the molecule is Cc1ccc(CN(Cc2ccc(F)cc2)C(=O)CN(C(=O)c2ccc(C)c([N+](=O)[O-])c2)C2CC2)o1. The summed E-state index contributed by atoms with van der Waals surface area (Å²) in [5.41, 5.74) is 1.24. The summed E-state index contributed by atoms with van der Waals surface area (Å²) in [5, 5.41) is 11.3. The van der Waals surface area contributed by atoms with Crippen molar-refractivity contribution in [2.45, 2.75) is 45.8 Å². The van der Waals surface area contributed by atoms with Crippen LogP contribution >= 0.6 is 0 Å². The van der Waals surface area contributed by atoms with Crippen LogP contribution in [0.25, 0.3) is 0 Å². The highest BCUT2D eigenvalue weighted by molar-refractivity contribution is 5.97. The van der Waals surface area contributed by atoms with Gasteiger partial charge in [0.2, 0.25) is 5.91 Å². The van der Waals surface area contributed by atoms with E-state index in [1.165, 1.54) is 23.1 Å². The van der Waals surface area contributed by atoms with Gasteiger partial charge in [-0.1, -0.05) is 18.2 Å². The van der Waals surface area contributed by atoms with Gasteiger partial charge in [-0.2, -0.15) is 0 Å². The van der Waals surface area contributed by atoms with Crippen molar-refractivity contribution in [3.8, 4) is 0 Å². The third-order valence-electron chi connectivity index (χ3n) is 5.99. The first-order valence-corrected chi connectivity index (χ1v) is 11.3. The molecule has 0 bridgehead atoms. The number of nitro groups is 1. The molecule has 2 amide bonds. The molecule has 0 N–H and O–H groups in total. The molecular formula is C26H26FN3O5. The van der Waals surface area contributed by atoms with Crippen molar-refractivity contribution >= 4 is 17.5 Å². The Morgan fingerprint density at radius 1 is 1.06 bits per heavy atom. The molecule has 3 aromatic rings. The van der Waals surface area contributed by atoms with E-state index >= 15 is 0 Å². The van der Waals surface area contributed by atoms with Gasteiger partial charge in [0, 0.05) is 29.8 Å². The van der Waals surface area contributed by atoms with Gasteiger partial charge in [-0.05, 0) is 62.6 Å². The van der Waals surface area contributed by atoms with Crippen LogP contribution in [0.15, 0.2) is 59.0 Å². The first-order chi connectivity index (χ1) is 16.7. The summed E-state index contributed by atoms with van der Waals surface area (Å²) in [6.45, 7) is 3.64. The van der Waals surface area contributed by atoms with Gasteiger partial charge in [0.25, 0.3) is 11.6 Å². The minimum Gasteiger partial charge on any atom is -0.464 e. The molecule has 0 spiro atoms. The average molecular weight is 480 g/mol. The Bertz CT molecular complexity index is 1250. The number of carbonyl (C=O) groups excluding carboxylic acids is 2. The molecule has 4 rings (SSSR count). The lowest BCUT2D eigenvalue weighted by Gasteiger charge is -2.27. The van der Waals surface area contributed by atoms with E-state index in [4.69, 9.17) is 4.42 Å². The van der Waals surface area contributed by atoms with E-state index in [0.717, 1.165) is 18.4 Å². The third kappa shape index (κ3) is 5.92. The number of benzene rings is 2. The number of furan rings is 1. The molecule has 0 atom stereocenters. The van der Waals surface area contributed by atoms with E-state index in [2.05, 4.69) is 0 Å². The summed E-state index contributed by atoms with van der Waals surface area (Å²) in [6, 6.07) is 13.7. The molecule has 0 radical (unpaired) electrons. The van der Waals surface area contributed by atoms with E-state index in [-0.39, 0.29) is 48.7 Å². The molecule has 1 heterocycles. The zero-order valence-corrected chi connectivity index (χ0v) is 19.6. The first-order valence-electron chi connectivity index (χ1n) is 11.3. The molecule has 2 aromatic carbocycles. The summed E-state index contributed by atoms with van der Waals surface area (Å²) in [5.74, 6) is 0.220. The lowest BCUT2D eigenvalue weighted by Crippen LogP contribution is -2.43. The van der Waals surface area contributed by atoms with Crippen LogP contribution in [0.3, 0.4) is 0 Å². The van der Waals surface area contributed by atoms with Gasteiger partial charge in [0.05, 0.1) is 11.5 Å². The lowest BCUT2D eigenvalue weighted by atomic mass is 10.1. The fourth-order valence-electron chi connectivity index (χ4n) is 3.90. The Morgan fingerprint density at radius 2 is 1.77 bits per heavy atom. The maximum Gasteiger partial charge on any atom is 0.273 e. The normalized spacial score (nSPS) is 12.9. The fourth-order valence-corrected chi connectivity index (χ4v) is 3.90. The van der Waals surface area contributed by atoms with Gasteiger partial charge < -0.3 is 14.2 Å². The molecule has 1 fully saturated rings. The molecular weight excluding hydrogens is 453 g/mol. The predicted molar refractivity (Wildman–Crippen MR) is 126 cm³/mol. The Hall–Kier alpha value is -4.01. The van der Waals surface area contributed by atoms with Crippen molar-refractivity contribution < 1.29 is 23.3 Å². The largest absolute Gasteiger partial charge is 0.464 e. The van der Waals surface area contributed by atoms with Crippen molar-refractivity contribution in [3.05, 3.63) is 98.7 Å². The number of rotatable bonds is 9. The summed E-state index contributed by atoms with van der Waals surface area (Å²) in [7, 11) is 0. The van der Waals surface area contributed by atoms with E-state index < -0.39 is 10.8 Å². The number of aryl methyl sites for hydroxylation is 2. The topological polar surface area (TPSA) is 96.9 Å². The Morgan fingerprint density at radius 3 is 2.37 bits per heavy atom. The van der Waals surface area contributed by atoms with Crippen molar-refractivity contribution in [1.82, 2.24) is 9.80 Å². The molecule has 0 saturated heterocycles. The zero-order valence-electron chi connectivity index (χ0n) is 19.6. The Balaban J connectivity index is 1.56. The number of amides is 2. The van der Waals surface area contributed by atoms with Crippen LogP contribution in [0.1, 0.15) is 45.8 Å². The van der Waals surface area contributed by atoms with Crippen LogP contribution in [0.4, 0.5) is 10.1 Å². The molecule has 0 aliphatic heterocycles. The highest BCUT2D eigenvalue weighted by Gasteiger charge is 2.36. The van der Waals surface area contributed by atoms with Crippen LogP contribution in [-0.2, 0) is 17.9 Å². The second-order valence-corrected chi connectivity index (χ2v) is 8.81. The summed E-state index contributed by atoms with van der Waals surface area (Å²) in [6.07, 6.45) is 1.53. The van der Waals surface area contributed by atoms with Crippen LogP contribution in [0, 0.1) is 29.8 Å². The molecule has 0 unspecified atom stereocenters. The van der Waals surface area contributed by atoms with E-state index in [1.807, 2.05) is 6.92 Å². The molecule has 1 aliphatic carbocycles. The summed E-state index contributed by atoms with van der Waals surface area (Å²) in [4.78, 5) is 40.6. The zero-order chi connectivity index (χ0) is 25.1.